The Labute approximate surface area is 103 Å². The Balaban J connectivity index is 1.75. The highest BCUT2D eigenvalue weighted by molar-refractivity contribution is 5.80. The average Bonchev–Trinajstić information content (AvgIpc) is 2.98. The van der Waals surface area contributed by atoms with Crippen LogP contribution in [0.1, 0.15) is 38.5 Å². The number of nitrogens with zero attached hydrogens (tertiary/aromatic N) is 1. The number of hydrogen-bond acceptors (Lipinski definition) is 4. The lowest BCUT2D eigenvalue weighted by molar-refractivity contribution is -0.132. The van der Waals surface area contributed by atoms with Gasteiger partial charge in [0, 0.05) is 12.6 Å². The molecule has 0 aromatic rings. The van der Waals surface area contributed by atoms with Gasteiger partial charge in [-0.25, -0.2) is 5.84 Å². The predicted octanol–water partition coefficient (Wildman–Crippen LogP) is 0.398. The molecule has 2 atom stereocenters. The molecule has 98 valence electrons. The third kappa shape index (κ3) is 3.18. The van der Waals surface area contributed by atoms with E-state index in [0.29, 0.717) is 6.04 Å². The van der Waals surface area contributed by atoms with E-state index < -0.39 is 0 Å². The van der Waals surface area contributed by atoms with Gasteiger partial charge in [-0.05, 0) is 32.7 Å². The molecule has 3 N–H and O–H groups in total. The Hall–Kier alpha value is -0.650. The summed E-state index contributed by atoms with van der Waals surface area (Å²) >= 11 is 0. The summed E-state index contributed by atoms with van der Waals surface area (Å²) in [5.41, 5.74) is 2.16. The Morgan fingerprint density at radius 1 is 1.35 bits per heavy atom. The van der Waals surface area contributed by atoms with E-state index in [0.717, 1.165) is 19.4 Å². The second-order valence-corrected chi connectivity index (χ2v) is 5.21. The lowest BCUT2D eigenvalue weighted by Crippen LogP contribution is -2.40. The van der Waals surface area contributed by atoms with E-state index in [1.807, 2.05) is 0 Å². The smallest absolute Gasteiger partial charge is 0.263 e. The van der Waals surface area contributed by atoms with Gasteiger partial charge in [0.05, 0.1) is 6.10 Å². The van der Waals surface area contributed by atoms with Gasteiger partial charge in [0.25, 0.3) is 5.91 Å². The van der Waals surface area contributed by atoms with Crippen LogP contribution in [0.5, 0.6) is 0 Å². The number of likely N-dealkylation sites (N-methyl/N-ethyl adjacent to an activating group) is 1. The minimum Gasteiger partial charge on any atom is -0.364 e. The quantitative estimate of drug-likeness (QED) is 0.425. The molecule has 0 aromatic heterocycles. The minimum absolute atomic E-state index is 0.183. The molecule has 0 bridgehead atoms. The summed E-state index contributed by atoms with van der Waals surface area (Å²) in [5, 5.41) is 0. The molecular weight excluding hydrogens is 218 g/mol. The molecule has 1 heterocycles. The number of rotatable bonds is 4. The van der Waals surface area contributed by atoms with Crippen molar-refractivity contribution in [2.45, 2.75) is 56.8 Å². The fourth-order valence-corrected chi connectivity index (χ4v) is 2.94. The highest BCUT2D eigenvalue weighted by Gasteiger charge is 2.32. The molecule has 2 unspecified atom stereocenters. The number of carbonyl (C=O) groups excluding carboxylic acids is 1. The van der Waals surface area contributed by atoms with E-state index in [-0.39, 0.29) is 18.1 Å². The standard InChI is InChI=1S/C12H23N3O2/c1-15(9-4-2-3-5-9)8-10-6-7-11(17-10)12(16)14-13/h9-11H,2-8,13H2,1H3,(H,14,16). The monoisotopic (exact) mass is 241 g/mol. The van der Waals surface area contributed by atoms with Gasteiger partial charge >= 0.3 is 0 Å². The number of hydrazine groups is 1. The van der Waals surface area contributed by atoms with Crippen LogP contribution >= 0.6 is 0 Å². The highest BCUT2D eigenvalue weighted by atomic mass is 16.5. The third-order valence-electron chi connectivity index (χ3n) is 3.98. The molecule has 1 aliphatic heterocycles. The number of amides is 1. The Morgan fingerprint density at radius 3 is 2.71 bits per heavy atom. The fraction of sp³-hybridized carbons (Fsp3) is 0.917. The highest BCUT2D eigenvalue weighted by Crippen LogP contribution is 2.25. The van der Waals surface area contributed by atoms with Crippen molar-refractivity contribution in [3.63, 3.8) is 0 Å². The first kappa shape index (κ1) is 12.8. The van der Waals surface area contributed by atoms with Crippen molar-refractivity contribution < 1.29 is 9.53 Å². The molecular formula is C12H23N3O2. The third-order valence-corrected chi connectivity index (χ3v) is 3.98. The van der Waals surface area contributed by atoms with E-state index in [9.17, 15) is 4.79 Å². The molecule has 0 radical (unpaired) electrons. The maximum atomic E-state index is 11.3. The van der Waals surface area contributed by atoms with Crippen molar-refractivity contribution in [1.29, 1.82) is 0 Å². The van der Waals surface area contributed by atoms with Crippen molar-refractivity contribution in [2.24, 2.45) is 5.84 Å². The van der Waals surface area contributed by atoms with Gasteiger partial charge in [-0.3, -0.25) is 10.2 Å². The molecule has 1 aliphatic carbocycles. The molecule has 2 aliphatic rings. The van der Waals surface area contributed by atoms with Crippen LogP contribution in [0.3, 0.4) is 0 Å². The summed E-state index contributed by atoms with van der Waals surface area (Å²) in [5.74, 6) is 4.91. The molecule has 5 nitrogen and oxygen atoms in total. The zero-order valence-electron chi connectivity index (χ0n) is 10.5. The Bertz CT molecular complexity index is 266. The van der Waals surface area contributed by atoms with Crippen LogP contribution < -0.4 is 11.3 Å². The van der Waals surface area contributed by atoms with Gasteiger partial charge in [0.15, 0.2) is 0 Å². The number of nitrogens with two attached hydrogens (primary N) is 1. The van der Waals surface area contributed by atoms with Crippen LogP contribution in [0.25, 0.3) is 0 Å². The van der Waals surface area contributed by atoms with Crippen molar-refractivity contribution in [2.75, 3.05) is 13.6 Å². The molecule has 1 saturated heterocycles. The topological polar surface area (TPSA) is 67.6 Å². The van der Waals surface area contributed by atoms with Crippen molar-refractivity contribution in [3.05, 3.63) is 0 Å². The van der Waals surface area contributed by atoms with Crippen LogP contribution in [0.2, 0.25) is 0 Å². The SMILES string of the molecule is CN(CC1CCC(C(=O)NN)O1)C1CCCC1. The summed E-state index contributed by atoms with van der Waals surface area (Å²) in [6.45, 7) is 0.930. The van der Waals surface area contributed by atoms with Crippen LogP contribution in [-0.2, 0) is 9.53 Å². The number of ether oxygens (including phenoxy) is 1. The summed E-state index contributed by atoms with van der Waals surface area (Å²) in [7, 11) is 2.16. The van der Waals surface area contributed by atoms with Gasteiger partial charge in [-0.2, -0.15) is 0 Å². The summed E-state index contributed by atoms with van der Waals surface area (Å²) < 4.78 is 5.71. The maximum absolute atomic E-state index is 11.3. The zero-order valence-corrected chi connectivity index (χ0v) is 10.5. The van der Waals surface area contributed by atoms with Gasteiger partial charge in [-0.1, -0.05) is 12.8 Å². The first-order valence-electron chi connectivity index (χ1n) is 6.57. The van der Waals surface area contributed by atoms with E-state index in [1.54, 1.807) is 0 Å². The Morgan fingerprint density at radius 2 is 2.06 bits per heavy atom. The lowest BCUT2D eigenvalue weighted by atomic mass is 10.1. The molecule has 1 amide bonds. The van der Waals surface area contributed by atoms with Gasteiger partial charge in [0.1, 0.15) is 6.10 Å². The molecule has 17 heavy (non-hydrogen) atoms. The van der Waals surface area contributed by atoms with Crippen LogP contribution in [-0.4, -0.2) is 42.6 Å². The lowest BCUT2D eigenvalue weighted by Gasteiger charge is -2.26. The van der Waals surface area contributed by atoms with E-state index in [2.05, 4.69) is 17.4 Å². The van der Waals surface area contributed by atoms with Gasteiger partial charge in [0.2, 0.25) is 0 Å². The van der Waals surface area contributed by atoms with Crippen LogP contribution in [0.4, 0.5) is 0 Å². The number of hydrogen-bond donors (Lipinski definition) is 2. The summed E-state index contributed by atoms with van der Waals surface area (Å²) in [4.78, 5) is 13.7. The largest absolute Gasteiger partial charge is 0.364 e. The van der Waals surface area contributed by atoms with Gasteiger partial charge < -0.3 is 9.64 Å². The normalized spacial score (nSPS) is 30.1. The molecule has 0 aromatic carbocycles. The second kappa shape index (κ2) is 5.80. The second-order valence-electron chi connectivity index (χ2n) is 5.21. The van der Waals surface area contributed by atoms with E-state index in [1.165, 1.54) is 25.7 Å². The first-order valence-corrected chi connectivity index (χ1v) is 6.57. The van der Waals surface area contributed by atoms with E-state index >= 15 is 0 Å². The van der Waals surface area contributed by atoms with Crippen molar-refractivity contribution in [3.8, 4) is 0 Å². The summed E-state index contributed by atoms with van der Waals surface area (Å²) in [6, 6.07) is 0.709. The predicted molar refractivity (Wildman–Crippen MR) is 65.1 cm³/mol. The zero-order chi connectivity index (χ0) is 12.3. The molecule has 2 fully saturated rings. The average molecular weight is 241 g/mol. The summed E-state index contributed by atoms with van der Waals surface area (Å²) in [6.07, 6.45) is 6.87. The molecule has 5 heteroatoms. The van der Waals surface area contributed by atoms with Crippen LogP contribution in [0.15, 0.2) is 0 Å². The molecule has 0 spiro atoms. The fourth-order valence-electron chi connectivity index (χ4n) is 2.94. The van der Waals surface area contributed by atoms with Crippen LogP contribution in [0, 0.1) is 0 Å². The van der Waals surface area contributed by atoms with E-state index in [4.69, 9.17) is 10.6 Å². The first-order chi connectivity index (χ1) is 8.20. The van der Waals surface area contributed by atoms with Crippen molar-refractivity contribution in [1.82, 2.24) is 10.3 Å². The molecule has 1 saturated carbocycles. The minimum atomic E-state index is -0.345. The number of nitrogens with one attached hydrogen (secondary N) is 1. The number of carbonyl (C=O) groups is 1. The van der Waals surface area contributed by atoms with Gasteiger partial charge in [-0.15, -0.1) is 0 Å². The Kier molecular flexibility index (Phi) is 4.36. The van der Waals surface area contributed by atoms with Crippen molar-refractivity contribution >= 4 is 5.91 Å². The molecule has 2 rings (SSSR count). The maximum Gasteiger partial charge on any atom is 0.263 e.